The number of hydrogen-bond donors (Lipinski definition) is 1. The van der Waals surface area contributed by atoms with Gasteiger partial charge in [0.2, 0.25) is 0 Å². The van der Waals surface area contributed by atoms with E-state index in [4.69, 9.17) is 5.73 Å². The van der Waals surface area contributed by atoms with Crippen molar-refractivity contribution in [1.82, 2.24) is 9.78 Å². The quantitative estimate of drug-likeness (QED) is 0.902. The molecule has 2 aromatic rings. The summed E-state index contributed by atoms with van der Waals surface area (Å²) in [5.74, 6) is -0.265. The Morgan fingerprint density at radius 3 is 2.72 bits per heavy atom. The molecule has 0 aliphatic heterocycles. The lowest BCUT2D eigenvalue weighted by Gasteiger charge is -2.10. The summed E-state index contributed by atoms with van der Waals surface area (Å²) in [6.07, 6.45) is 3.35. The first-order chi connectivity index (χ1) is 8.60. The van der Waals surface area contributed by atoms with E-state index in [9.17, 15) is 4.39 Å². The van der Waals surface area contributed by atoms with Crippen LogP contribution in [0.5, 0.6) is 0 Å². The highest BCUT2D eigenvalue weighted by atomic mass is 19.1. The molecule has 0 aliphatic rings. The van der Waals surface area contributed by atoms with Crippen molar-refractivity contribution in [2.75, 3.05) is 0 Å². The molecule has 0 amide bonds. The maximum atomic E-state index is 14.0. The minimum atomic E-state index is -0.265. The summed E-state index contributed by atoms with van der Waals surface area (Å²) in [6, 6.07) is 7.13. The largest absolute Gasteiger partial charge is 0.327 e. The Hall–Kier alpha value is -1.68. The zero-order valence-electron chi connectivity index (χ0n) is 10.7. The van der Waals surface area contributed by atoms with Crippen LogP contribution in [-0.4, -0.2) is 15.8 Å². The van der Waals surface area contributed by atoms with Crippen LogP contribution in [0.15, 0.2) is 30.5 Å². The normalized spacial score (nSPS) is 12.7. The van der Waals surface area contributed by atoms with Crippen molar-refractivity contribution in [3.05, 3.63) is 47.5 Å². The molecule has 0 fully saturated rings. The standard InChI is InChI=1S/C14H18FN3/c1-3-12(16)8-11-4-5-14(13(15)9-11)18-7-6-10(2)17-18/h4-7,9,12H,3,8,16H2,1-2H3. The fourth-order valence-corrected chi connectivity index (χ4v) is 1.86. The monoisotopic (exact) mass is 247 g/mol. The van der Waals surface area contributed by atoms with E-state index in [1.165, 1.54) is 0 Å². The van der Waals surface area contributed by atoms with Crippen LogP contribution in [0.25, 0.3) is 5.69 Å². The molecule has 4 heteroatoms. The second-order valence-corrected chi connectivity index (χ2v) is 4.56. The Bertz CT molecular complexity index is 534. The van der Waals surface area contributed by atoms with Crippen LogP contribution in [0.2, 0.25) is 0 Å². The summed E-state index contributed by atoms with van der Waals surface area (Å²) in [7, 11) is 0. The van der Waals surface area contributed by atoms with Crippen LogP contribution in [0.4, 0.5) is 4.39 Å². The first-order valence-corrected chi connectivity index (χ1v) is 6.16. The van der Waals surface area contributed by atoms with Crippen molar-refractivity contribution in [3.63, 3.8) is 0 Å². The molecule has 0 spiro atoms. The summed E-state index contributed by atoms with van der Waals surface area (Å²) in [4.78, 5) is 0. The van der Waals surface area contributed by atoms with Crippen LogP contribution in [0.1, 0.15) is 24.6 Å². The van der Waals surface area contributed by atoms with Crippen LogP contribution in [0, 0.1) is 12.7 Å². The van der Waals surface area contributed by atoms with Crippen molar-refractivity contribution >= 4 is 0 Å². The van der Waals surface area contributed by atoms with Crippen LogP contribution >= 0.6 is 0 Å². The molecule has 0 bridgehead atoms. The summed E-state index contributed by atoms with van der Waals surface area (Å²) >= 11 is 0. The second kappa shape index (κ2) is 5.31. The summed E-state index contributed by atoms with van der Waals surface area (Å²) in [5, 5.41) is 4.20. The highest BCUT2D eigenvalue weighted by molar-refractivity contribution is 5.36. The molecule has 0 radical (unpaired) electrons. The third-order valence-corrected chi connectivity index (χ3v) is 3.00. The average molecular weight is 247 g/mol. The van der Waals surface area contributed by atoms with Crippen LogP contribution in [-0.2, 0) is 6.42 Å². The smallest absolute Gasteiger partial charge is 0.149 e. The number of halogens is 1. The van der Waals surface area contributed by atoms with Gasteiger partial charge in [0, 0.05) is 12.2 Å². The average Bonchev–Trinajstić information content (AvgIpc) is 2.75. The van der Waals surface area contributed by atoms with Crippen molar-refractivity contribution < 1.29 is 4.39 Å². The minimum Gasteiger partial charge on any atom is -0.327 e. The zero-order chi connectivity index (χ0) is 13.1. The number of rotatable bonds is 4. The number of hydrogen-bond acceptors (Lipinski definition) is 2. The van der Waals surface area contributed by atoms with E-state index >= 15 is 0 Å². The van der Waals surface area contributed by atoms with Gasteiger partial charge in [0.05, 0.1) is 5.69 Å². The highest BCUT2D eigenvalue weighted by Gasteiger charge is 2.08. The minimum absolute atomic E-state index is 0.0854. The Morgan fingerprint density at radius 1 is 1.39 bits per heavy atom. The van der Waals surface area contributed by atoms with E-state index in [2.05, 4.69) is 5.10 Å². The summed E-state index contributed by atoms with van der Waals surface area (Å²) in [6.45, 7) is 3.91. The third kappa shape index (κ3) is 2.76. The molecular weight excluding hydrogens is 229 g/mol. The molecule has 18 heavy (non-hydrogen) atoms. The number of aromatic nitrogens is 2. The fourth-order valence-electron chi connectivity index (χ4n) is 1.86. The number of nitrogens with zero attached hydrogens (tertiary/aromatic N) is 2. The van der Waals surface area contributed by atoms with E-state index in [0.29, 0.717) is 12.1 Å². The van der Waals surface area contributed by atoms with E-state index in [1.807, 2.05) is 26.0 Å². The van der Waals surface area contributed by atoms with Gasteiger partial charge in [-0.25, -0.2) is 9.07 Å². The molecule has 1 atom stereocenters. The van der Waals surface area contributed by atoms with Gasteiger partial charge in [-0.3, -0.25) is 0 Å². The fraction of sp³-hybridized carbons (Fsp3) is 0.357. The third-order valence-electron chi connectivity index (χ3n) is 3.00. The van der Waals surface area contributed by atoms with E-state index in [1.54, 1.807) is 23.0 Å². The van der Waals surface area contributed by atoms with Gasteiger partial charge in [-0.2, -0.15) is 5.10 Å². The zero-order valence-corrected chi connectivity index (χ0v) is 10.7. The van der Waals surface area contributed by atoms with Crippen molar-refractivity contribution in [3.8, 4) is 5.69 Å². The molecule has 0 aliphatic carbocycles. The second-order valence-electron chi connectivity index (χ2n) is 4.56. The molecule has 1 unspecified atom stereocenters. The topological polar surface area (TPSA) is 43.8 Å². The van der Waals surface area contributed by atoms with Gasteiger partial charge in [0.25, 0.3) is 0 Å². The van der Waals surface area contributed by atoms with Crippen LogP contribution < -0.4 is 5.73 Å². The van der Waals surface area contributed by atoms with E-state index in [0.717, 1.165) is 17.7 Å². The molecular formula is C14H18FN3. The summed E-state index contributed by atoms with van der Waals surface area (Å²) < 4.78 is 15.5. The maximum Gasteiger partial charge on any atom is 0.149 e. The van der Waals surface area contributed by atoms with Gasteiger partial charge >= 0.3 is 0 Å². The molecule has 2 N–H and O–H groups in total. The maximum absolute atomic E-state index is 14.0. The first kappa shape index (κ1) is 12.8. The molecule has 2 rings (SSSR count). The molecule has 1 heterocycles. The summed E-state index contributed by atoms with van der Waals surface area (Å²) in [5.41, 5.74) is 8.13. The molecule has 1 aromatic carbocycles. The Kier molecular flexibility index (Phi) is 3.77. The predicted octanol–water partition coefficient (Wildman–Crippen LogP) is 2.60. The van der Waals surface area contributed by atoms with Crippen molar-refractivity contribution in [1.29, 1.82) is 0 Å². The lowest BCUT2D eigenvalue weighted by Crippen LogP contribution is -2.21. The molecule has 0 saturated heterocycles. The lowest BCUT2D eigenvalue weighted by atomic mass is 10.0. The molecule has 3 nitrogen and oxygen atoms in total. The van der Waals surface area contributed by atoms with Gasteiger partial charge in [0.1, 0.15) is 11.5 Å². The Balaban J connectivity index is 2.25. The van der Waals surface area contributed by atoms with Gasteiger partial charge in [-0.05, 0) is 43.5 Å². The van der Waals surface area contributed by atoms with Crippen molar-refractivity contribution in [2.45, 2.75) is 32.7 Å². The first-order valence-electron chi connectivity index (χ1n) is 6.16. The van der Waals surface area contributed by atoms with Gasteiger partial charge < -0.3 is 5.73 Å². The van der Waals surface area contributed by atoms with E-state index in [-0.39, 0.29) is 11.9 Å². The lowest BCUT2D eigenvalue weighted by molar-refractivity contribution is 0.601. The van der Waals surface area contributed by atoms with Crippen molar-refractivity contribution in [2.24, 2.45) is 5.73 Å². The Morgan fingerprint density at radius 2 is 2.17 bits per heavy atom. The SMILES string of the molecule is CCC(N)Cc1ccc(-n2ccc(C)n2)c(F)c1. The Labute approximate surface area is 106 Å². The van der Waals surface area contributed by atoms with Crippen LogP contribution in [0.3, 0.4) is 0 Å². The van der Waals surface area contributed by atoms with Gasteiger partial charge in [0.15, 0.2) is 0 Å². The van der Waals surface area contributed by atoms with E-state index < -0.39 is 0 Å². The molecule has 1 aromatic heterocycles. The number of aryl methyl sites for hydroxylation is 1. The predicted molar refractivity (Wildman–Crippen MR) is 70.2 cm³/mol. The van der Waals surface area contributed by atoms with Gasteiger partial charge in [-0.1, -0.05) is 13.0 Å². The molecule has 96 valence electrons. The molecule has 0 saturated carbocycles. The number of nitrogens with two attached hydrogens (primary N) is 1. The highest BCUT2D eigenvalue weighted by Crippen LogP contribution is 2.16. The van der Waals surface area contributed by atoms with Gasteiger partial charge in [-0.15, -0.1) is 0 Å². The number of benzene rings is 1.